The van der Waals surface area contributed by atoms with Crippen LogP contribution < -0.4 is 4.74 Å². The Hall–Kier alpha value is -2.88. The maximum atomic E-state index is 12.6. The molecular formula is C22H24N2O2. The fourth-order valence-electron chi connectivity index (χ4n) is 2.90. The minimum absolute atomic E-state index is 0.374. The van der Waals surface area contributed by atoms with Crippen LogP contribution in [0, 0.1) is 13.8 Å². The summed E-state index contributed by atoms with van der Waals surface area (Å²) in [4.78, 5) is 12.6. The minimum Gasteiger partial charge on any atom is -0.404 e. The smallest absolute Gasteiger partial charge is 0.344 e. The lowest BCUT2D eigenvalue weighted by molar-refractivity contribution is 0.0723. The average Bonchev–Trinajstić information content (AvgIpc) is 3.04. The third kappa shape index (κ3) is 3.69. The average molecular weight is 348 g/mol. The van der Waals surface area contributed by atoms with Crippen molar-refractivity contribution >= 4 is 5.97 Å². The third-order valence-corrected chi connectivity index (χ3v) is 4.47. The molecule has 26 heavy (non-hydrogen) atoms. The fourth-order valence-corrected chi connectivity index (χ4v) is 2.90. The summed E-state index contributed by atoms with van der Waals surface area (Å²) in [6.07, 6.45) is 1.71. The van der Waals surface area contributed by atoms with Gasteiger partial charge in [0.15, 0.2) is 0 Å². The van der Waals surface area contributed by atoms with Crippen LogP contribution in [0.25, 0.3) is 5.69 Å². The van der Waals surface area contributed by atoms with Crippen molar-refractivity contribution in [3.05, 3.63) is 76.5 Å². The minimum atomic E-state index is -0.374. The SMILES string of the molecule is CCc1ccc(C(=O)Oc2cc(CC)nn2-c2ccc(C)cc2C)cc1. The molecule has 4 nitrogen and oxygen atoms in total. The lowest BCUT2D eigenvalue weighted by Crippen LogP contribution is -2.12. The summed E-state index contributed by atoms with van der Waals surface area (Å²) >= 11 is 0. The number of aryl methyl sites for hydroxylation is 4. The predicted octanol–water partition coefficient (Wildman–Crippen LogP) is 4.83. The first kappa shape index (κ1) is 17.9. The van der Waals surface area contributed by atoms with Crippen molar-refractivity contribution < 1.29 is 9.53 Å². The second kappa shape index (κ2) is 7.56. The topological polar surface area (TPSA) is 44.1 Å². The van der Waals surface area contributed by atoms with E-state index < -0.39 is 0 Å². The van der Waals surface area contributed by atoms with Crippen LogP contribution in [0.4, 0.5) is 0 Å². The summed E-state index contributed by atoms with van der Waals surface area (Å²) in [6, 6.07) is 15.5. The molecule has 1 heterocycles. The fraction of sp³-hybridized carbons (Fsp3) is 0.273. The Bertz CT molecular complexity index is 924. The molecule has 3 aromatic rings. The maximum absolute atomic E-state index is 12.6. The molecule has 0 amide bonds. The van der Waals surface area contributed by atoms with E-state index in [0.29, 0.717) is 11.4 Å². The van der Waals surface area contributed by atoms with Gasteiger partial charge in [0.1, 0.15) is 0 Å². The van der Waals surface area contributed by atoms with Crippen molar-refractivity contribution in [2.75, 3.05) is 0 Å². The summed E-state index contributed by atoms with van der Waals surface area (Å²) in [5.41, 5.74) is 5.79. The number of hydrogen-bond donors (Lipinski definition) is 0. The maximum Gasteiger partial charge on any atom is 0.344 e. The van der Waals surface area contributed by atoms with E-state index in [4.69, 9.17) is 4.74 Å². The molecule has 3 rings (SSSR count). The number of hydrogen-bond acceptors (Lipinski definition) is 3. The molecule has 0 aliphatic heterocycles. The first-order chi connectivity index (χ1) is 12.5. The summed E-state index contributed by atoms with van der Waals surface area (Å²) in [5, 5.41) is 4.60. The summed E-state index contributed by atoms with van der Waals surface area (Å²) in [6.45, 7) is 8.20. The molecule has 0 spiro atoms. The molecule has 0 saturated heterocycles. The Morgan fingerprint density at radius 3 is 2.35 bits per heavy atom. The number of nitrogens with zero attached hydrogens (tertiary/aromatic N) is 2. The van der Waals surface area contributed by atoms with E-state index in [1.807, 2.05) is 44.2 Å². The zero-order valence-corrected chi connectivity index (χ0v) is 15.7. The van der Waals surface area contributed by atoms with Crippen LogP contribution in [0.15, 0.2) is 48.5 Å². The van der Waals surface area contributed by atoms with Gasteiger partial charge >= 0.3 is 5.97 Å². The monoisotopic (exact) mass is 348 g/mol. The lowest BCUT2D eigenvalue weighted by atomic mass is 10.1. The van der Waals surface area contributed by atoms with Gasteiger partial charge in [-0.25, -0.2) is 9.48 Å². The highest BCUT2D eigenvalue weighted by atomic mass is 16.5. The Kier molecular flexibility index (Phi) is 5.21. The predicted molar refractivity (Wildman–Crippen MR) is 103 cm³/mol. The van der Waals surface area contributed by atoms with Gasteiger partial charge in [-0.05, 0) is 56.0 Å². The molecule has 1 aromatic heterocycles. The number of ether oxygens (including phenoxy) is 1. The molecule has 0 radical (unpaired) electrons. The van der Waals surface area contributed by atoms with E-state index in [9.17, 15) is 4.79 Å². The number of carbonyl (C=O) groups excluding carboxylic acids is 1. The van der Waals surface area contributed by atoms with Crippen molar-refractivity contribution in [2.45, 2.75) is 40.5 Å². The lowest BCUT2D eigenvalue weighted by Gasteiger charge is -2.11. The molecular weight excluding hydrogens is 324 g/mol. The van der Waals surface area contributed by atoms with Gasteiger partial charge in [0.2, 0.25) is 5.88 Å². The van der Waals surface area contributed by atoms with E-state index >= 15 is 0 Å². The highest BCUT2D eigenvalue weighted by molar-refractivity contribution is 5.91. The summed E-state index contributed by atoms with van der Waals surface area (Å²) < 4.78 is 7.40. The molecule has 0 aliphatic carbocycles. The van der Waals surface area contributed by atoms with Crippen molar-refractivity contribution in [1.29, 1.82) is 0 Å². The van der Waals surface area contributed by atoms with Gasteiger partial charge in [0.25, 0.3) is 0 Å². The molecule has 0 N–H and O–H groups in total. The molecule has 0 aliphatic rings. The van der Waals surface area contributed by atoms with Gasteiger partial charge in [-0.1, -0.05) is 43.7 Å². The van der Waals surface area contributed by atoms with Gasteiger partial charge in [-0.3, -0.25) is 0 Å². The molecule has 2 aromatic carbocycles. The summed E-state index contributed by atoms with van der Waals surface area (Å²) in [5.74, 6) is 0.0691. The third-order valence-electron chi connectivity index (χ3n) is 4.47. The van der Waals surface area contributed by atoms with Gasteiger partial charge < -0.3 is 4.74 Å². The number of benzene rings is 2. The Morgan fingerprint density at radius 1 is 1.00 bits per heavy atom. The Labute approximate surface area is 154 Å². The number of esters is 1. The molecule has 0 bridgehead atoms. The summed E-state index contributed by atoms with van der Waals surface area (Å²) in [7, 11) is 0. The van der Waals surface area contributed by atoms with Crippen LogP contribution in [0.1, 0.15) is 46.6 Å². The number of rotatable bonds is 5. The van der Waals surface area contributed by atoms with Gasteiger partial charge in [0, 0.05) is 6.07 Å². The molecule has 134 valence electrons. The van der Waals surface area contributed by atoms with Crippen molar-refractivity contribution in [3.63, 3.8) is 0 Å². The van der Waals surface area contributed by atoms with Crippen LogP contribution in [0.2, 0.25) is 0 Å². The standard InChI is InChI=1S/C22H24N2O2/c1-5-17-8-10-18(11-9-17)22(25)26-21-14-19(6-2)23-24(21)20-12-7-15(3)13-16(20)4/h7-14H,5-6H2,1-4H3. The van der Waals surface area contributed by atoms with Crippen LogP contribution in [-0.4, -0.2) is 15.7 Å². The van der Waals surface area contributed by atoms with E-state index in [1.54, 1.807) is 16.8 Å². The van der Waals surface area contributed by atoms with Crippen LogP contribution in [0.5, 0.6) is 5.88 Å². The Morgan fingerprint density at radius 2 is 1.73 bits per heavy atom. The highest BCUT2D eigenvalue weighted by Gasteiger charge is 2.16. The zero-order valence-electron chi connectivity index (χ0n) is 15.7. The number of aromatic nitrogens is 2. The van der Waals surface area contributed by atoms with E-state index in [2.05, 4.69) is 25.0 Å². The first-order valence-corrected chi connectivity index (χ1v) is 8.99. The molecule has 0 fully saturated rings. The second-order valence-electron chi connectivity index (χ2n) is 6.47. The molecule has 4 heteroatoms. The van der Waals surface area contributed by atoms with Crippen molar-refractivity contribution in [1.82, 2.24) is 9.78 Å². The van der Waals surface area contributed by atoms with Gasteiger partial charge in [0.05, 0.1) is 16.9 Å². The van der Waals surface area contributed by atoms with Gasteiger partial charge in [-0.2, -0.15) is 5.10 Å². The molecule has 0 saturated carbocycles. The normalized spacial score (nSPS) is 10.8. The van der Waals surface area contributed by atoms with Crippen molar-refractivity contribution in [2.24, 2.45) is 0 Å². The largest absolute Gasteiger partial charge is 0.404 e. The van der Waals surface area contributed by atoms with Crippen LogP contribution in [-0.2, 0) is 12.8 Å². The zero-order chi connectivity index (χ0) is 18.7. The second-order valence-corrected chi connectivity index (χ2v) is 6.47. The van der Waals surface area contributed by atoms with Crippen molar-refractivity contribution in [3.8, 4) is 11.6 Å². The highest BCUT2D eigenvalue weighted by Crippen LogP contribution is 2.24. The quantitative estimate of drug-likeness (QED) is 0.620. The molecule has 0 atom stereocenters. The number of carbonyl (C=O) groups is 1. The van der Waals surface area contributed by atoms with Crippen LogP contribution in [0.3, 0.4) is 0 Å². The van der Waals surface area contributed by atoms with E-state index in [-0.39, 0.29) is 5.97 Å². The van der Waals surface area contributed by atoms with E-state index in [0.717, 1.165) is 29.8 Å². The first-order valence-electron chi connectivity index (χ1n) is 8.99. The molecule has 0 unspecified atom stereocenters. The van der Waals surface area contributed by atoms with Gasteiger partial charge in [-0.15, -0.1) is 0 Å². The Balaban J connectivity index is 1.94. The van der Waals surface area contributed by atoms with E-state index in [1.165, 1.54) is 11.1 Å². The van der Waals surface area contributed by atoms with Crippen LogP contribution >= 0.6 is 0 Å².